The van der Waals surface area contributed by atoms with E-state index in [2.05, 4.69) is 26.1 Å². The van der Waals surface area contributed by atoms with E-state index in [4.69, 9.17) is 4.74 Å². The number of nitrogens with zero attached hydrogens (tertiary/aromatic N) is 1. The van der Waals surface area contributed by atoms with Crippen LogP contribution in [0, 0.1) is 5.82 Å². The van der Waals surface area contributed by atoms with Gasteiger partial charge in [0.25, 0.3) is 10.0 Å². The van der Waals surface area contributed by atoms with Gasteiger partial charge < -0.3 is 10.1 Å². The third-order valence-electron chi connectivity index (χ3n) is 5.78. The van der Waals surface area contributed by atoms with Gasteiger partial charge in [0, 0.05) is 0 Å². The lowest BCUT2D eigenvalue weighted by molar-refractivity contribution is -0.120. The van der Waals surface area contributed by atoms with Crippen LogP contribution in [-0.4, -0.2) is 27.5 Å². The van der Waals surface area contributed by atoms with Crippen molar-refractivity contribution < 1.29 is 22.3 Å². The van der Waals surface area contributed by atoms with Gasteiger partial charge in [0.05, 0.1) is 23.2 Å². The zero-order valence-corrected chi connectivity index (χ0v) is 22.1. The van der Waals surface area contributed by atoms with E-state index in [1.54, 1.807) is 24.3 Å². The largest absolute Gasteiger partial charge is 0.494 e. The number of halogens is 1. The molecule has 8 heteroatoms. The van der Waals surface area contributed by atoms with Gasteiger partial charge in [0.2, 0.25) is 5.91 Å². The van der Waals surface area contributed by atoms with Gasteiger partial charge in [-0.05, 0) is 78.9 Å². The second kappa shape index (κ2) is 11.1. The number of rotatable bonds is 9. The molecular formula is C28H33FN2O4S. The summed E-state index contributed by atoms with van der Waals surface area (Å²) in [6.45, 7) is 10.1. The van der Waals surface area contributed by atoms with Crippen LogP contribution < -0.4 is 14.4 Å². The molecule has 1 atom stereocenters. The molecule has 36 heavy (non-hydrogen) atoms. The highest BCUT2D eigenvalue weighted by Crippen LogP contribution is 2.27. The van der Waals surface area contributed by atoms with Crippen LogP contribution in [-0.2, 0) is 20.2 Å². The molecule has 0 aromatic heterocycles. The summed E-state index contributed by atoms with van der Waals surface area (Å²) >= 11 is 0. The van der Waals surface area contributed by atoms with Crippen molar-refractivity contribution in [3.05, 3.63) is 89.7 Å². The predicted molar refractivity (Wildman–Crippen MR) is 140 cm³/mol. The number of benzene rings is 3. The van der Waals surface area contributed by atoms with Gasteiger partial charge in [-0.3, -0.25) is 9.10 Å². The molecule has 3 rings (SSSR count). The molecular weight excluding hydrogens is 479 g/mol. The van der Waals surface area contributed by atoms with E-state index in [9.17, 15) is 17.6 Å². The highest BCUT2D eigenvalue weighted by molar-refractivity contribution is 7.92. The molecule has 192 valence electrons. The molecule has 0 saturated carbocycles. The van der Waals surface area contributed by atoms with Crippen LogP contribution in [0.4, 0.5) is 10.1 Å². The van der Waals surface area contributed by atoms with Crippen LogP contribution in [0.15, 0.2) is 77.7 Å². The second-order valence-electron chi connectivity index (χ2n) is 9.55. The fourth-order valence-corrected chi connectivity index (χ4v) is 5.12. The first-order valence-corrected chi connectivity index (χ1v) is 13.3. The Morgan fingerprint density at radius 2 is 1.56 bits per heavy atom. The van der Waals surface area contributed by atoms with Crippen LogP contribution in [0.3, 0.4) is 0 Å². The summed E-state index contributed by atoms with van der Waals surface area (Å²) in [5, 5.41) is 2.89. The Bertz CT molecular complexity index is 1270. The number of carbonyl (C=O) groups is 1. The molecule has 0 unspecified atom stereocenters. The first-order chi connectivity index (χ1) is 16.9. The second-order valence-corrected chi connectivity index (χ2v) is 11.4. The average Bonchev–Trinajstić information content (AvgIpc) is 2.83. The summed E-state index contributed by atoms with van der Waals surface area (Å²) in [7, 11) is -4.15. The van der Waals surface area contributed by atoms with Crippen LogP contribution in [0.5, 0.6) is 5.75 Å². The first kappa shape index (κ1) is 27.2. The molecule has 0 aliphatic heterocycles. The Balaban J connectivity index is 1.85. The lowest BCUT2D eigenvalue weighted by atomic mass is 9.86. The molecule has 0 radical (unpaired) electrons. The lowest BCUT2D eigenvalue weighted by Crippen LogP contribution is -2.41. The summed E-state index contributed by atoms with van der Waals surface area (Å²) in [6, 6.07) is 18.6. The van der Waals surface area contributed by atoms with Crippen molar-refractivity contribution in [1.29, 1.82) is 0 Å². The molecule has 3 aromatic rings. The summed E-state index contributed by atoms with van der Waals surface area (Å²) in [5.74, 6) is -0.440. The fraction of sp³-hybridized carbons (Fsp3) is 0.321. The number of hydrogen-bond acceptors (Lipinski definition) is 4. The minimum absolute atomic E-state index is 0.0119. The Kier molecular flexibility index (Phi) is 8.40. The minimum atomic E-state index is -4.15. The molecule has 1 amide bonds. The average molecular weight is 513 g/mol. The number of hydrogen-bond donors (Lipinski definition) is 1. The molecule has 0 bridgehead atoms. The Morgan fingerprint density at radius 1 is 0.972 bits per heavy atom. The molecule has 0 saturated heterocycles. The molecule has 0 heterocycles. The molecule has 0 aliphatic rings. The van der Waals surface area contributed by atoms with E-state index in [1.165, 1.54) is 17.7 Å². The van der Waals surface area contributed by atoms with Crippen molar-refractivity contribution >= 4 is 21.6 Å². The summed E-state index contributed by atoms with van der Waals surface area (Å²) < 4.78 is 46.8. The van der Waals surface area contributed by atoms with Crippen molar-refractivity contribution in [3.8, 4) is 5.75 Å². The van der Waals surface area contributed by atoms with E-state index >= 15 is 0 Å². The lowest BCUT2D eigenvalue weighted by Gasteiger charge is -2.25. The SMILES string of the molecule is CCOc1ccc(N(CC(=O)N[C@H](C)c2ccc(C(C)(C)C)cc2)S(=O)(=O)c2ccc(F)cc2)cc1. The maximum atomic E-state index is 13.5. The van der Waals surface area contributed by atoms with E-state index in [0.717, 1.165) is 22.0 Å². The maximum Gasteiger partial charge on any atom is 0.264 e. The standard InChI is InChI=1S/C28H33FN2O4S/c1-6-35-25-15-13-24(14-16-25)31(36(33,34)26-17-11-23(29)12-18-26)19-27(32)30-20(2)21-7-9-22(10-8-21)28(3,4)5/h7-18,20H,6,19H2,1-5H3,(H,30,32)/t20-/m1/s1. The summed E-state index contributed by atoms with van der Waals surface area (Å²) in [5.41, 5.74) is 2.39. The maximum absolute atomic E-state index is 13.5. The fourth-order valence-electron chi connectivity index (χ4n) is 3.70. The van der Waals surface area contributed by atoms with Crippen molar-refractivity contribution in [2.24, 2.45) is 0 Å². The van der Waals surface area contributed by atoms with Crippen molar-refractivity contribution in [2.45, 2.75) is 51.0 Å². The van der Waals surface area contributed by atoms with Gasteiger partial charge in [-0.2, -0.15) is 0 Å². The van der Waals surface area contributed by atoms with E-state index < -0.39 is 28.3 Å². The van der Waals surface area contributed by atoms with Gasteiger partial charge in [-0.15, -0.1) is 0 Å². The van der Waals surface area contributed by atoms with Gasteiger partial charge >= 0.3 is 0 Å². The van der Waals surface area contributed by atoms with Crippen LogP contribution >= 0.6 is 0 Å². The highest BCUT2D eigenvalue weighted by Gasteiger charge is 2.28. The zero-order valence-electron chi connectivity index (χ0n) is 21.3. The van der Waals surface area contributed by atoms with Crippen LogP contribution in [0.1, 0.15) is 51.8 Å². The van der Waals surface area contributed by atoms with Crippen molar-refractivity contribution in [2.75, 3.05) is 17.5 Å². The highest BCUT2D eigenvalue weighted by atomic mass is 32.2. The molecule has 3 aromatic carbocycles. The molecule has 0 fully saturated rings. The predicted octanol–water partition coefficient (Wildman–Crippen LogP) is 5.59. The minimum Gasteiger partial charge on any atom is -0.494 e. The van der Waals surface area contributed by atoms with Crippen molar-refractivity contribution in [3.63, 3.8) is 0 Å². The Morgan fingerprint density at radius 3 is 2.08 bits per heavy atom. The first-order valence-electron chi connectivity index (χ1n) is 11.8. The smallest absolute Gasteiger partial charge is 0.264 e. The Labute approximate surface area is 213 Å². The number of carbonyl (C=O) groups excluding carboxylic acids is 1. The normalized spacial score (nSPS) is 12.6. The van der Waals surface area contributed by atoms with E-state index in [-0.39, 0.29) is 16.4 Å². The number of sulfonamides is 1. The number of amides is 1. The number of anilines is 1. The van der Waals surface area contributed by atoms with E-state index in [1.807, 2.05) is 38.1 Å². The third kappa shape index (κ3) is 6.63. The van der Waals surface area contributed by atoms with E-state index in [0.29, 0.717) is 18.0 Å². The summed E-state index contributed by atoms with van der Waals surface area (Å²) in [4.78, 5) is 12.9. The quantitative estimate of drug-likeness (QED) is 0.405. The van der Waals surface area contributed by atoms with Crippen molar-refractivity contribution in [1.82, 2.24) is 5.32 Å². The van der Waals surface area contributed by atoms with Crippen LogP contribution in [0.2, 0.25) is 0 Å². The monoisotopic (exact) mass is 512 g/mol. The molecule has 0 aliphatic carbocycles. The molecule has 0 spiro atoms. The van der Waals surface area contributed by atoms with Crippen LogP contribution in [0.25, 0.3) is 0 Å². The summed E-state index contributed by atoms with van der Waals surface area (Å²) in [6.07, 6.45) is 0. The number of ether oxygens (including phenoxy) is 1. The third-order valence-corrected chi connectivity index (χ3v) is 7.57. The van der Waals surface area contributed by atoms with Gasteiger partial charge in [0.15, 0.2) is 0 Å². The van der Waals surface area contributed by atoms with Gasteiger partial charge in [-0.1, -0.05) is 45.0 Å². The molecule has 1 N–H and O–H groups in total. The number of nitrogens with one attached hydrogen (secondary N) is 1. The van der Waals surface area contributed by atoms with Gasteiger partial charge in [-0.25, -0.2) is 12.8 Å². The zero-order chi connectivity index (χ0) is 26.5. The molecule has 6 nitrogen and oxygen atoms in total. The van der Waals surface area contributed by atoms with Gasteiger partial charge in [0.1, 0.15) is 18.1 Å². The Hall–Kier alpha value is -3.39. The topological polar surface area (TPSA) is 75.7 Å².